The maximum absolute atomic E-state index is 10.9. The van der Waals surface area contributed by atoms with Crippen LogP contribution in [0.4, 0.5) is 0 Å². The molecule has 0 aliphatic heterocycles. The molecule has 0 aromatic carbocycles. The van der Waals surface area contributed by atoms with Crippen LogP contribution in [0.3, 0.4) is 0 Å². The maximum Gasteiger partial charge on any atom is 0.239 e. The fourth-order valence-electron chi connectivity index (χ4n) is 0.732. The van der Waals surface area contributed by atoms with Gasteiger partial charge in [0.1, 0.15) is 0 Å². The molecule has 0 aliphatic rings. The van der Waals surface area contributed by atoms with Gasteiger partial charge in [0.2, 0.25) is 10.0 Å². The predicted molar refractivity (Wildman–Crippen MR) is 49.3 cm³/mol. The molecule has 0 saturated carbocycles. The number of sulfonamides is 1. The number of halogens is 1. The van der Waals surface area contributed by atoms with Crippen LogP contribution in [0.15, 0.2) is 14.7 Å². The quantitative estimate of drug-likeness (QED) is 0.829. The fourth-order valence-corrected chi connectivity index (χ4v) is 3.55. The van der Waals surface area contributed by atoms with Gasteiger partial charge in [-0.15, -0.1) is 11.3 Å². The molecule has 0 radical (unpaired) electrons. The van der Waals surface area contributed by atoms with Crippen molar-refractivity contribution < 1.29 is 13.5 Å². The summed E-state index contributed by atoms with van der Waals surface area (Å²) >= 11 is 4.25. The van der Waals surface area contributed by atoms with Crippen LogP contribution in [0.1, 0.15) is 4.88 Å². The van der Waals surface area contributed by atoms with Crippen molar-refractivity contribution in [3.05, 3.63) is 14.7 Å². The lowest BCUT2D eigenvalue weighted by Crippen LogP contribution is -2.12. The second kappa shape index (κ2) is 3.43. The molecule has 0 spiro atoms. The highest BCUT2D eigenvalue weighted by atomic mass is 79.9. The SMILES string of the molecule is NS(=O)(=O)c1cc(Br)sc1CO. The van der Waals surface area contributed by atoms with Crippen molar-refractivity contribution in [1.82, 2.24) is 0 Å². The lowest BCUT2D eigenvalue weighted by molar-refractivity contribution is 0.282. The normalized spacial score (nSPS) is 11.9. The zero-order valence-corrected chi connectivity index (χ0v) is 9.04. The van der Waals surface area contributed by atoms with Crippen molar-refractivity contribution in [2.75, 3.05) is 0 Å². The third kappa shape index (κ3) is 2.05. The third-order valence-electron chi connectivity index (χ3n) is 1.19. The molecule has 0 saturated heterocycles. The Morgan fingerprint density at radius 3 is 2.58 bits per heavy atom. The van der Waals surface area contributed by atoms with Crippen LogP contribution in [-0.4, -0.2) is 13.5 Å². The molecule has 12 heavy (non-hydrogen) atoms. The molecular weight excluding hydrogens is 266 g/mol. The Kier molecular flexibility index (Phi) is 2.89. The summed E-state index contributed by atoms with van der Waals surface area (Å²) in [7, 11) is -3.70. The molecule has 1 heterocycles. The second-order valence-corrected chi connectivity index (χ2v) is 6.09. The van der Waals surface area contributed by atoms with Crippen molar-refractivity contribution >= 4 is 37.3 Å². The van der Waals surface area contributed by atoms with Crippen molar-refractivity contribution in [2.45, 2.75) is 11.5 Å². The Morgan fingerprint density at radius 2 is 2.25 bits per heavy atom. The minimum Gasteiger partial charge on any atom is -0.391 e. The van der Waals surface area contributed by atoms with Gasteiger partial charge in [-0.25, -0.2) is 13.6 Å². The van der Waals surface area contributed by atoms with Crippen LogP contribution in [0.5, 0.6) is 0 Å². The summed E-state index contributed by atoms with van der Waals surface area (Å²) in [6.07, 6.45) is 0. The summed E-state index contributed by atoms with van der Waals surface area (Å²) in [5.41, 5.74) is 0. The van der Waals surface area contributed by atoms with Crippen molar-refractivity contribution in [3.8, 4) is 0 Å². The van der Waals surface area contributed by atoms with Gasteiger partial charge < -0.3 is 5.11 Å². The maximum atomic E-state index is 10.9. The molecule has 4 nitrogen and oxygen atoms in total. The number of aliphatic hydroxyl groups is 1. The fraction of sp³-hybridized carbons (Fsp3) is 0.200. The summed E-state index contributed by atoms with van der Waals surface area (Å²) in [5, 5.41) is 13.7. The zero-order chi connectivity index (χ0) is 9.35. The first kappa shape index (κ1) is 10.1. The molecule has 68 valence electrons. The monoisotopic (exact) mass is 271 g/mol. The number of nitrogens with two attached hydrogens (primary N) is 1. The Balaban J connectivity index is 3.33. The third-order valence-corrected chi connectivity index (χ3v) is 3.92. The summed E-state index contributed by atoms with van der Waals surface area (Å²) in [6, 6.07) is 1.38. The van der Waals surface area contributed by atoms with E-state index in [0.29, 0.717) is 8.66 Å². The molecule has 0 fully saturated rings. The number of hydrogen-bond acceptors (Lipinski definition) is 4. The predicted octanol–water partition coefficient (Wildman–Crippen LogP) is 0.650. The lowest BCUT2D eigenvalue weighted by Gasteiger charge is -1.95. The van der Waals surface area contributed by atoms with E-state index in [1.54, 1.807) is 0 Å². The van der Waals surface area contributed by atoms with Gasteiger partial charge in [-0.3, -0.25) is 0 Å². The molecule has 0 unspecified atom stereocenters. The average Bonchev–Trinajstić information content (AvgIpc) is 2.29. The minimum absolute atomic E-state index is 0.0122. The van der Waals surface area contributed by atoms with Gasteiger partial charge in [0.25, 0.3) is 0 Å². The van der Waals surface area contributed by atoms with Crippen LogP contribution < -0.4 is 5.14 Å². The molecule has 1 rings (SSSR count). The molecule has 7 heteroatoms. The molecule has 0 bridgehead atoms. The first-order chi connectivity index (χ1) is 5.45. The number of hydrogen-bond donors (Lipinski definition) is 2. The number of aliphatic hydroxyl groups excluding tert-OH is 1. The average molecular weight is 272 g/mol. The topological polar surface area (TPSA) is 80.4 Å². The largest absolute Gasteiger partial charge is 0.391 e. The van der Waals surface area contributed by atoms with Crippen molar-refractivity contribution in [3.63, 3.8) is 0 Å². The van der Waals surface area contributed by atoms with Crippen LogP contribution in [0, 0.1) is 0 Å². The van der Waals surface area contributed by atoms with E-state index in [9.17, 15) is 8.42 Å². The van der Waals surface area contributed by atoms with E-state index in [4.69, 9.17) is 10.2 Å². The number of rotatable bonds is 2. The van der Waals surface area contributed by atoms with E-state index in [-0.39, 0.29) is 11.5 Å². The minimum atomic E-state index is -3.70. The van der Waals surface area contributed by atoms with Gasteiger partial charge >= 0.3 is 0 Å². The van der Waals surface area contributed by atoms with Crippen LogP contribution in [0.25, 0.3) is 0 Å². The molecule has 0 atom stereocenters. The molecule has 1 aromatic rings. The van der Waals surface area contributed by atoms with Gasteiger partial charge in [-0.05, 0) is 22.0 Å². The smallest absolute Gasteiger partial charge is 0.239 e. The highest BCUT2D eigenvalue weighted by Gasteiger charge is 2.16. The van der Waals surface area contributed by atoms with Gasteiger partial charge in [0, 0.05) is 0 Å². The van der Waals surface area contributed by atoms with Crippen LogP contribution >= 0.6 is 27.3 Å². The van der Waals surface area contributed by atoms with E-state index in [2.05, 4.69) is 15.9 Å². The summed E-state index contributed by atoms with van der Waals surface area (Å²) in [6.45, 7) is -0.317. The number of primary sulfonamides is 1. The van der Waals surface area contributed by atoms with Gasteiger partial charge in [0.05, 0.1) is 20.2 Å². The highest BCUT2D eigenvalue weighted by Crippen LogP contribution is 2.29. The molecule has 0 aliphatic carbocycles. The van der Waals surface area contributed by atoms with Crippen molar-refractivity contribution in [1.29, 1.82) is 0 Å². The van der Waals surface area contributed by atoms with E-state index in [0.717, 1.165) is 11.3 Å². The van der Waals surface area contributed by atoms with Gasteiger partial charge in [-0.1, -0.05) is 0 Å². The molecule has 0 amide bonds. The van der Waals surface area contributed by atoms with E-state index in [1.807, 2.05) is 0 Å². The molecule has 1 aromatic heterocycles. The summed E-state index contributed by atoms with van der Waals surface area (Å²) in [4.78, 5) is 0.339. The van der Waals surface area contributed by atoms with Crippen LogP contribution in [-0.2, 0) is 16.6 Å². The van der Waals surface area contributed by atoms with Gasteiger partial charge in [0.15, 0.2) is 0 Å². The highest BCUT2D eigenvalue weighted by molar-refractivity contribution is 9.11. The molecule has 3 N–H and O–H groups in total. The first-order valence-corrected chi connectivity index (χ1v) is 6.02. The number of thiophene rings is 1. The Hall–Kier alpha value is 0.0500. The van der Waals surface area contributed by atoms with E-state index < -0.39 is 10.0 Å². The van der Waals surface area contributed by atoms with Gasteiger partial charge in [-0.2, -0.15) is 0 Å². The lowest BCUT2D eigenvalue weighted by atomic mass is 10.5. The summed E-state index contributed by atoms with van der Waals surface area (Å²) < 4.78 is 22.4. The first-order valence-electron chi connectivity index (χ1n) is 2.87. The Labute approximate surface area is 82.2 Å². The second-order valence-electron chi connectivity index (χ2n) is 2.04. The molecular formula is C5H6BrNO3S2. The summed E-state index contributed by atoms with van der Waals surface area (Å²) in [5.74, 6) is 0. The van der Waals surface area contributed by atoms with E-state index in [1.165, 1.54) is 6.07 Å². The van der Waals surface area contributed by atoms with Crippen molar-refractivity contribution in [2.24, 2.45) is 5.14 Å². The zero-order valence-electron chi connectivity index (χ0n) is 5.82. The standard InChI is InChI=1S/C5H6BrNO3S2/c6-5-1-4(12(7,9)10)3(2-8)11-5/h1,8H,2H2,(H2,7,9,10). The van der Waals surface area contributed by atoms with Crippen LogP contribution in [0.2, 0.25) is 0 Å². The Morgan fingerprint density at radius 1 is 1.67 bits per heavy atom. The Bertz CT molecular complexity index is 383. The van der Waals surface area contributed by atoms with E-state index >= 15 is 0 Å².